The summed E-state index contributed by atoms with van der Waals surface area (Å²) in [5.41, 5.74) is 2.93. The van der Waals surface area contributed by atoms with E-state index >= 15 is 0 Å². The van der Waals surface area contributed by atoms with Gasteiger partial charge in [0.1, 0.15) is 11.2 Å². The molecule has 0 aliphatic heterocycles. The lowest BCUT2D eigenvalue weighted by molar-refractivity contribution is 0.410. The average molecular weight is 425 g/mol. The predicted molar refractivity (Wildman–Crippen MR) is 132 cm³/mol. The summed E-state index contributed by atoms with van der Waals surface area (Å²) >= 11 is 0. The van der Waals surface area contributed by atoms with E-state index in [2.05, 4.69) is 4.98 Å². The van der Waals surface area contributed by atoms with Gasteiger partial charge in [-0.2, -0.15) is 0 Å². The van der Waals surface area contributed by atoms with Crippen LogP contribution in [0.4, 0.5) is 0 Å². The van der Waals surface area contributed by atoms with Crippen molar-refractivity contribution in [2.24, 2.45) is 5.41 Å². The third-order valence-corrected chi connectivity index (χ3v) is 5.70. The molecule has 0 fully saturated rings. The fourth-order valence-electron chi connectivity index (χ4n) is 4.35. The molecule has 6 aromatic rings. The maximum Gasteiger partial charge on any atom is 0.178 e. The molecule has 158 valence electrons. The zero-order valence-electron chi connectivity index (χ0n) is 23.1. The molecule has 0 N–H and O–H groups in total. The highest BCUT2D eigenvalue weighted by Gasteiger charge is 2.19. The smallest absolute Gasteiger partial charge is 0.178 e. The Morgan fingerprint density at radius 3 is 2.38 bits per heavy atom. The van der Waals surface area contributed by atoms with Crippen LogP contribution in [0.3, 0.4) is 0 Å². The van der Waals surface area contributed by atoms with E-state index in [9.17, 15) is 0 Å². The van der Waals surface area contributed by atoms with Gasteiger partial charge in [0.05, 0.1) is 5.69 Å². The van der Waals surface area contributed by atoms with E-state index in [-0.39, 0.29) is 11.1 Å². The third kappa shape index (κ3) is 2.92. The monoisotopic (exact) mass is 424 g/mol. The Morgan fingerprint density at radius 2 is 1.56 bits per heavy atom. The zero-order valence-corrected chi connectivity index (χ0v) is 18.1. The molecule has 3 aromatic heterocycles. The normalized spacial score (nSPS) is 15.7. The minimum Gasteiger partial charge on any atom is -0.452 e. The second kappa shape index (κ2) is 6.70. The van der Waals surface area contributed by atoms with E-state index in [0.717, 1.165) is 27.1 Å². The first kappa shape index (κ1) is 14.5. The van der Waals surface area contributed by atoms with Gasteiger partial charge in [-0.1, -0.05) is 51.1 Å². The molecular weight excluding hydrogens is 394 g/mol. The molecule has 3 nitrogen and oxygen atoms in total. The molecule has 0 atom stereocenters. The first-order valence-corrected chi connectivity index (χ1v) is 10.6. The largest absolute Gasteiger partial charge is 0.452 e. The van der Waals surface area contributed by atoms with Crippen LogP contribution < -0.4 is 0 Å². The number of aromatic nitrogens is 1. The number of fused-ring (bicyclic) bond motifs is 7. The third-order valence-electron chi connectivity index (χ3n) is 5.70. The van der Waals surface area contributed by atoms with Crippen LogP contribution in [0.15, 0.2) is 75.7 Å². The fourth-order valence-corrected chi connectivity index (χ4v) is 4.35. The van der Waals surface area contributed by atoms with E-state index in [1.807, 2.05) is 54.6 Å². The molecule has 0 radical (unpaired) electrons. The molecule has 0 unspecified atom stereocenters. The van der Waals surface area contributed by atoms with Gasteiger partial charge in [-0.05, 0) is 60.1 Å². The van der Waals surface area contributed by atoms with E-state index in [1.54, 1.807) is 26.8 Å². The van der Waals surface area contributed by atoms with Crippen molar-refractivity contribution in [3.63, 3.8) is 0 Å². The molecule has 3 heterocycles. The van der Waals surface area contributed by atoms with Crippen LogP contribution in [0.2, 0.25) is 0 Å². The molecular formula is C29H25NO2. The van der Waals surface area contributed by atoms with Gasteiger partial charge < -0.3 is 8.83 Å². The van der Waals surface area contributed by atoms with Crippen LogP contribution in [-0.4, -0.2) is 4.98 Å². The number of pyridine rings is 1. The molecule has 3 aromatic carbocycles. The quantitative estimate of drug-likeness (QED) is 0.280. The van der Waals surface area contributed by atoms with Gasteiger partial charge in [-0.3, -0.25) is 4.98 Å². The summed E-state index contributed by atoms with van der Waals surface area (Å²) in [6.07, 6.45) is -0.642. The number of furan rings is 2. The second-order valence-corrected chi connectivity index (χ2v) is 9.19. The number of aryl methyl sites for hydroxylation is 1. The minimum atomic E-state index is -2.50. The van der Waals surface area contributed by atoms with E-state index in [4.69, 9.17) is 15.7 Å². The van der Waals surface area contributed by atoms with Crippen molar-refractivity contribution in [2.45, 2.75) is 34.0 Å². The number of benzene rings is 3. The van der Waals surface area contributed by atoms with Crippen molar-refractivity contribution in [3.05, 3.63) is 78.0 Å². The molecule has 0 amide bonds. The topological polar surface area (TPSA) is 39.2 Å². The molecule has 3 heteroatoms. The van der Waals surface area contributed by atoms with Gasteiger partial charge in [0.2, 0.25) is 0 Å². The summed E-state index contributed by atoms with van der Waals surface area (Å²) in [7, 11) is 0. The molecule has 0 saturated carbocycles. The number of para-hydroxylation sites is 2. The Labute approximate surface area is 193 Å². The number of nitrogens with zero attached hydrogens (tertiary/aromatic N) is 1. The Balaban J connectivity index is 1.63. The Bertz CT molecular complexity index is 1840. The highest BCUT2D eigenvalue weighted by molar-refractivity contribution is 6.20. The SMILES string of the molecule is [2H]C([2H])([2H])c1cnc(-c2cccc3c2oc2c3ccc3c4ccccc4oc32)cc1C([2H])([2H])C(C)(C)C. The minimum absolute atomic E-state index is 0.0862. The van der Waals surface area contributed by atoms with Crippen molar-refractivity contribution >= 4 is 43.9 Å². The predicted octanol–water partition coefficient (Wildman–Crippen LogP) is 8.44. The van der Waals surface area contributed by atoms with Crippen molar-refractivity contribution in [1.82, 2.24) is 4.98 Å². The van der Waals surface area contributed by atoms with Gasteiger partial charge in [0.25, 0.3) is 0 Å². The highest BCUT2D eigenvalue weighted by Crippen LogP contribution is 2.41. The lowest BCUT2D eigenvalue weighted by atomic mass is 9.86. The van der Waals surface area contributed by atoms with Gasteiger partial charge in [0.15, 0.2) is 11.2 Å². The zero-order chi connectivity index (χ0) is 26.3. The molecule has 0 bridgehead atoms. The molecule has 0 aliphatic rings. The molecule has 0 saturated heterocycles. The van der Waals surface area contributed by atoms with Gasteiger partial charge in [-0.25, -0.2) is 0 Å². The van der Waals surface area contributed by atoms with Crippen LogP contribution in [0, 0.1) is 12.3 Å². The molecule has 32 heavy (non-hydrogen) atoms. The molecule has 0 aliphatic carbocycles. The highest BCUT2D eigenvalue weighted by atomic mass is 16.4. The van der Waals surface area contributed by atoms with Crippen molar-refractivity contribution in [2.75, 3.05) is 0 Å². The van der Waals surface area contributed by atoms with E-state index < -0.39 is 18.6 Å². The summed E-state index contributed by atoms with van der Waals surface area (Å²) in [5.74, 6) is 0. The first-order valence-electron chi connectivity index (χ1n) is 13.1. The summed E-state index contributed by atoms with van der Waals surface area (Å²) in [6.45, 7) is 2.77. The number of hydrogen-bond donors (Lipinski definition) is 0. The lowest BCUT2D eigenvalue weighted by Crippen LogP contribution is -2.10. The van der Waals surface area contributed by atoms with Crippen LogP contribution in [0.5, 0.6) is 0 Å². The average Bonchev–Trinajstić information content (AvgIpc) is 3.41. The van der Waals surface area contributed by atoms with Crippen LogP contribution in [0.1, 0.15) is 38.8 Å². The lowest BCUT2D eigenvalue weighted by Gasteiger charge is -2.20. The summed E-state index contributed by atoms with van der Waals surface area (Å²) < 4.78 is 54.3. The molecule has 6 rings (SSSR count). The summed E-state index contributed by atoms with van der Waals surface area (Å²) in [5, 5.41) is 3.74. The van der Waals surface area contributed by atoms with Crippen LogP contribution in [-0.2, 0) is 6.37 Å². The van der Waals surface area contributed by atoms with Crippen molar-refractivity contribution in [1.29, 1.82) is 0 Å². The standard InChI is InChI=1S/C29H25NO2/c1-17-16-30-24(14-18(17)15-29(2,3)4)23-10-7-9-20-22-13-12-21-19-8-5-6-11-25(19)31-27(21)28(22)32-26(20)23/h5-14,16H,15H2,1-4H3/i1D3,15D2. The van der Waals surface area contributed by atoms with Gasteiger partial charge in [-0.15, -0.1) is 0 Å². The Hall–Kier alpha value is -3.59. The fraction of sp³-hybridized carbons (Fsp3) is 0.207. The number of rotatable bonds is 2. The number of hydrogen-bond acceptors (Lipinski definition) is 3. The Kier molecular flexibility index (Phi) is 3.03. The second-order valence-electron chi connectivity index (χ2n) is 9.19. The van der Waals surface area contributed by atoms with Gasteiger partial charge >= 0.3 is 0 Å². The first-order chi connectivity index (χ1) is 17.4. The van der Waals surface area contributed by atoms with Crippen LogP contribution in [0.25, 0.3) is 55.1 Å². The summed E-state index contributed by atoms with van der Waals surface area (Å²) in [6, 6.07) is 19.2. The van der Waals surface area contributed by atoms with Crippen molar-refractivity contribution in [3.8, 4) is 11.3 Å². The van der Waals surface area contributed by atoms with E-state index in [1.165, 1.54) is 6.20 Å². The van der Waals surface area contributed by atoms with Crippen molar-refractivity contribution < 1.29 is 15.7 Å². The van der Waals surface area contributed by atoms with Gasteiger partial charge in [0, 0.05) is 40.2 Å². The van der Waals surface area contributed by atoms with Crippen LogP contribution >= 0.6 is 0 Å². The molecule has 0 spiro atoms. The maximum absolute atomic E-state index is 8.85. The maximum atomic E-state index is 8.85. The summed E-state index contributed by atoms with van der Waals surface area (Å²) in [4.78, 5) is 4.48. The Morgan fingerprint density at radius 1 is 0.844 bits per heavy atom. The van der Waals surface area contributed by atoms with E-state index in [0.29, 0.717) is 28.0 Å².